The summed E-state index contributed by atoms with van der Waals surface area (Å²) in [6.07, 6.45) is 2.04. The number of methoxy groups -OCH3 is 2. The third kappa shape index (κ3) is 4.12. The number of benzene rings is 2. The first-order valence-corrected chi connectivity index (χ1v) is 11.7. The number of rotatable bonds is 6. The van der Waals surface area contributed by atoms with Crippen molar-refractivity contribution in [3.63, 3.8) is 0 Å². The van der Waals surface area contributed by atoms with Gasteiger partial charge in [-0.3, -0.25) is 9.69 Å². The number of nitrogens with zero attached hydrogens (tertiary/aromatic N) is 2. The van der Waals surface area contributed by atoms with Crippen molar-refractivity contribution in [1.82, 2.24) is 14.9 Å². The number of hydrogen-bond donors (Lipinski definition) is 1. The Morgan fingerprint density at radius 1 is 1.18 bits per heavy atom. The van der Waals surface area contributed by atoms with Gasteiger partial charge in [0.2, 0.25) is 0 Å². The summed E-state index contributed by atoms with van der Waals surface area (Å²) in [6, 6.07) is 12.2. The molecule has 1 saturated heterocycles. The van der Waals surface area contributed by atoms with Crippen molar-refractivity contribution in [3.05, 3.63) is 75.4 Å². The largest absolute Gasteiger partial charge is 0.497 e. The predicted molar refractivity (Wildman–Crippen MR) is 128 cm³/mol. The van der Waals surface area contributed by atoms with Crippen LogP contribution in [0.2, 0.25) is 0 Å². The van der Waals surface area contributed by atoms with Gasteiger partial charge in [-0.2, -0.15) is 0 Å². The molecule has 2 aromatic carbocycles. The molecule has 3 heterocycles. The van der Waals surface area contributed by atoms with Gasteiger partial charge in [0.25, 0.3) is 5.56 Å². The Kier molecular flexibility index (Phi) is 5.86. The van der Waals surface area contributed by atoms with E-state index < -0.39 is 0 Å². The second-order valence-electron chi connectivity index (χ2n) is 8.09. The maximum atomic E-state index is 13.3. The minimum atomic E-state index is -0.305. The molecule has 4 aromatic rings. The van der Waals surface area contributed by atoms with Gasteiger partial charge < -0.3 is 14.5 Å². The van der Waals surface area contributed by atoms with E-state index in [2.05, 4.69) is 9.88 Å². The van der Waals surface area contributed by atoms with Gasteiger partial charge in [-0.15, -0.1) is 11.3 Å². The number of aromatic nitrogens is 2. The van der Waals surface area contributed by atoms with Crippen LogP contribution in [0.4, 0.5) is 4.39 Å². The Bertz CT molecular complexity index is 1350. The molecule has 0 radical (unpaired) electrons. The number of nitrogens with one attached hydrogen (secondary N) is 1. The first kappa shape index (κ1) is 21.6. The van der Waals surface area contributed by atoms with Crippen LogP contribution in [0.15, 0.2) is 52.6 Å². The SMILES string of the molecule is COc1ccc(OC)c([C@H]2CCCN2Cc2nc3scc(-c4ccc(F)cc4)c3c(=O)[nH]2)c1. The van der Waals surface area contributed by atoms with Crippen LogP contribution in [-0.4, -0.2) is 35.6 Å². The lowest BCUT2D eigenvalue weighted by Gasteiger charge is -2.26. The van der Waals surface area contributed by atoms with Crippen LogP contribution in [0.25, 0.3) is 21.3 Å². The number of H-pyrrole nitrogens is 1. The van der Waals surface area contributed by atoms with E-state index in [0.717, 1.165) is 47.6 Å². The quantitative estimate of drug-likeness (QED) is 0.427. The molecule has 0 aliphatic carbocycles. The molecule has 0 unspecified atom stereocenters. The first-order chi connectivity index (χ1) is 16.1. The second-order valence-corrected chi connectivity index (χ2v) is 8.94. The van der Waals surface area contributed by atoms with Crippen molar-refractivity contribution in [2.45, 2.75) is 25.4 Å². The Hall–Kier alpha value is -3.23. The fourth-order valence-corrected chi connectivity index (χ4v) is 5.54. The van der Waals surface area contributed by atoms with E-state index >= 15 is 0 Å². The highest BCUT2D eigenvalue weighted by Crippen LogP contribution is 2.39. The Labute approximate surface area is 194 Å². The number of ether oxygens (including phenoxy) is 2. The molecular formula is C25H24FN3O3S. The highest BCUT2D eigenvalue weighted by atomic mass is 32.1. The summed E-state index contributed by atoms with van der Waals surface area (Å²) in [5.41, 5.74) is 2.47. The molecule has 0 saturated carbocycles. The molecule has 2 aromatic heterocycles. The number of aromatic amines is 1. The van der Waals surface area contributed by atoms with Crippen molar-refractivity contribution in [2.24, 2.45) is 0 Å². The smallest absolute Gasteiger partial charge is 0.260 e. The lowest BCUT2D eigenvalue weighted by Crippen LogP contribution is -2.26. The third-order valence-corrected chi connectivity index (χ3v) is 7.03. The van der Waals surface area contributed by atoms with Crippen LogP contribution in [0.3, 0.4) is 0 Å². The van der Waals surface area contributed by atoms with Crippen molar-refractivity contribution in [3.8, 4) is 22.6 Å². The fourth-order valence-electron chi connectivity index (χ4n) is 4.57. The summed E-state index contributed by atoms with van der Waals surface area (Å²) in [5, 5.41) is 2.45. The first-order valence-electron chi connectivity index (χ1n) is 10.8. The lowest BCUT2D eigenvalue weighted by atomic mass is 10.0. The Morgan fingerprint density at radius 2 is 2.00 bits per heavy atom. The number of hydrogen-bond acceptors (Lipinski definition) is 6. The molecule has 5 rings (SSSR count). The maximum Gasteiger partial charge on any atom is 0.260 e. The minimum Gasteiger partial charge on any atom is -0.497 e. The normalized spacial score (nSPS) is 16.4. The van der Waals surface area contributed by atoms with Crippen LogP contribution in [-0.2, 0) is 6.54 Å². The second kappa shape index (κ2) is 8.96. The van der Waals surface area contributed by atoms with Gasteiger partial charge in [-0.1, -0.05) is 12.1 Å². The molecular weight excluding hydrogens is 441 g/mol. The molecule has 1 atom stereocenters. The van der Waals surface area contributed by atoms with Crippen LogP contribution in [0.1, 0.15) is 30.3 Å². The topological polar surface area (TPSA) is 67.5 Å². The molecule has 1 fully saturated rings. The molecule has 1 N–H and O–H groups in total. The van der Waals surface area contributed by atoms with Crippen LogP contribution in [0.5, 0.6) is 11.5 Å². The van der Waals surface area contributed by atoms with Gasteiger partial charge in [0, 0.05) is 22.5 Å². The summed E-state index contributed by atoms with van der Waals surface area (Å²) < 4.78 is 24.3. The summed E-state index contributed by atoms with van der Waals surface area (Å²) in [4.78, 5) is 23.7. The van der Waals surface area contributed by atoms with Crippen molar-refractivity contribution in [2.75, 3.05) is 20.8 Å². The molecule has 8 heteroatoms. The molecule has 1 aliphatic heterocycles. The van der Waals surface area contributed by atoms with Gasteiger partial charge in [-0.05, 0) is 55.3 Å². The van der Waals surface area contributed by atoms with Crippen molar-refractivity contribution in [1.29, 1.82) is 0 Å². The van der Waals surface area contributed by atoms with E-state index in [0.29, 0.717) is 22.6 Å². The molecule has 0 spiro atoms. The van der Waals surface area contributed by atoms with Crippen LogP contribution >= 0.6 is 11.3 Å². The van der Waals surface area contributed by atoms with Gasteiger partial charge in [0.1, 0.15) is 28.0 Å². The predicted octanol–water partition coefficient (Wildman–Crippen LogP) is 5.15. The van der Waals surface area contributed by atoms with Gasteiger partial charge in [0.15, 0.2) is 0 Å². The van der Waals surface area contributed by atoms with E-state index in [4.69, 9.17) is 14.5 Å². The van der Waals surface area contributed by atoms with Gasteiger partial charge in [0.05, 0.1) is 26.2 Å². The van der Waals surface area contributed by atoms with E-state index in [1.807, 2.05) is 23.6 Å². The minimum absolute atomic E-state index is 0.147. The molecule has 6 nitrogen and oxygen atoms in total. The van der Waals surface area contributed by atoms with Crippen LogP contribution < -0.4 is 15.0 Å². The number of likely N-dealkylation sites (tertiary alicyclic amines) is 1. The Balaban J connectivity index is 1.46. The van der Waals surface area contributed by atoms with E-state index in [1.165, 1.54) is 23.5 Å². The van der Waals surface area contributed by atoms with Crippen LogP contribution in [0, 0.1) is 5.82 Å². The molecule has 1 aliphatic rings. The molecule has 170 valence electrons. The zero-order valence-electron chi connectivity index (χ0n) is 18.4. The third-order valence-electron chi connectivity index (χ3n) is 6.16. The van der Waals surface area contributed by atoms with Gasteiger partial charge >= 0.3 is 0 Å². The standard InChI is InChI=1S/C25H24FN3O3S/c1-31-17-9-10-21(32-2)18(12-17)20-4-3-11-29(20)13-22-27-24(30)23-19(14-33-25(23)28-22)15-5-7-16(26)8-6-15/h5-10,12,14,20H,3-4,11,13H2,1-2H3,(H,27,28,30)/t20-/m1/s1. The number of fused-ring (bicyclic) bond motifs is 1. The van der Waals surface area contributed by atoms with E-state index in [1.54, 1.807) is 26.4 Å². The highest BCUT2D eigenvalue weighted by molar-refractivity contribution is 7.17. The summed E-state index contributed by atoms with van der Waals surface area (Å²) >= 11 is 1.43. The average molecular weight is 466 g/mol. The van der Waals surface area contributed by atoms with Gasteiger partial charge in [-0.25, -0.2) is 9.37 Å². The number of thiophene rings is 1. The number of halogens is 1. The summed E-state index contributed by atoms with van der Waals surface area (Å²) in [6.45, 7) is 1.43. The zero-order valence-corrected chi connectivity index (χ0v) is 19.2. The molecule has 0 bridgehead atoms. The average Bonchev–Trinajstić information content (AvgIpc) is 3.46. The van der Waals surface area contributed by atoms with Crippen molar-refractivity contribution >= 4 is 21.6 Å². The molecule has 0 amide bonds. The molecule has 33 heavy (non-hydrogen) atoms. The maximum absolute atomic E-state index is 13.3. The van der Waals surface area contributed by atoms with Crippen molar-refractivity contribution < 1.29 is 13.9 Å². The summed E-state index contributed by atoms with van der Waals surface area (Å²) in [7, 11) is 3.33. The lowest BCUT2D eigenvalue weighted by molar-refractivity contribution is 0.236. The zero-order chi connectivity index (χ0) is 22.9. The Morgan fingerprint density at radius 3 is 2.76 bits per heavy atom. The summed E-state index contributed by atoms with van der Waals surface area (Å²) in [5.74, 6) is 1.94. The monoisotopic (exact) mass is 465 g/mol. The van der Waals surface area contributed by atoms with E-state index in [-0.39, 0.29) is 17.4 Å². The fraction of sp³-hybridized carbons (Fsp3) is 0.280. The highest BCUT2D eigenvalue weighted by Gasteiger charge is 2.29. The van der Waals surface area contributed by atoms with E-state index in [9.17, 15) is 9.18 Å².